The maximum absolute atomic E-state index is 5.92. The number of nitrogens with one attached hydrogen (secondary N) is 1. The monoisotopic (exact) mass is 263 g/mol. The Balaban J connectivity index is 1.62. The van der Waals surface area contributed by atoms with Crippen molar-refractivity contribution < 1.29 is 9.47 Å². The molecule has 2 atom stereocenters. The number of ether oxygens (including phenoxy) is 2. The summed E-state index contributed by atoms with van der Waals surface area (Å²) in [7, 11) is 1.80. The van der Waals surface area contributed by atoms with Crippen LogP contribution in [-0.4, -0.2) is 32.5 Å². The highest BCUT2D eigenvalue weighted by molar-refractivity contribution is 5.44. The third kappa shape index (κ3) is 4.84. The Bertz CT molecular complexity index is 364. The lowest BCUT2D eigenvalue weighted by molar-refractivity contribution is -0.0261. The van der Waals surface area contributed by atoms with Crippen LogP contribution >= 0.6 is 0 Å². The van der Waals surface area contributed by atoms with Crippen LogP contribution in [0.4, 0.5) is 5.69 Å². The minimum absolute atomic E-state index is 0.374. The van der Waals surface area contributed by atoms with Crippen molar-refractivity contribution in [2.75, 3.05) is 25.6 Å². The fraction of sp³-hybridized carbons (Fsp3) is 0.625. The van der Waals surface area contributed by atoms with Crippen molar-refractivity contribution in [1.29, 1.82) is 0 Å². The van der Waals surface area contributed by atoms with E-state index in [0.29, 0.717) is 12.2 Å². The SMILES string of the molecule is COC1CCCC(OCCNc2ccc(C)cc2)C1. The number of hydrogen-bond donors (Lipinski definition) is 1. The molecule has 0 spiro atoms. The van der Waals surface area contributed by atoms with Crippen LogP contribution in [0.3, 0.4) is 0 Å². The van der Waals surface area contributed by atoms with Crippen molar-refractivity contribution in [3.8, 4) is 0 Å². The second kappa shape index (κ2) is 7.51. The number of anilines is 1. The lowest BCUT2D eigenvalue weighted by atomic mass is 9.95. The Hall–Kier alpha value is -1.06. The van der Waals surface area contributed by atoms with Gasteiger partial charge in [0.25, 0.3) is 0 Å². The van der Waals surface area contributed by atoms with E-state index in [9.17, 15) is 0 Å². The van der Waals surface area contributed by atoms with Crippen molar-refractivity contribution in [2.45, 2.75) is 44.8 Å². The Morgan fingerprint density at radius 1 is 1.16 bits per heavy atom. The summed E-state index contributed by atoms with van der Waals surface area (Å²) in [4.78, 5) is 0. The fourth-order valence-electron chi connectivity index (χ4n) is 2.56. The zero-order valence-corrected chi connectivity index (χ0v) is 12.0. The predicted molar refractivity (Wildman–Crippen MR) is 78.7 cm³/mol. The molecule has 2 rings (SSSR count). The van der Waals surface area contributed by atoms with Gasteiger partial charge in [0.2, 0.25) is 0 Å². The molecule has 3 nitrogen and oxygen atoms in total. The van der Waals surface area contributed by atoms with Gasteiger partial charge in [-0.3, -0.25) is 0 Å². The van der Waals surface area contributed by atoms with Gasteiger partial charge < -0.3 is 14.8 Å². The van der Waals surface area contributed by atoms with Gasteiger partial charge in [-0.05, 0) is 44.7 Å². The molecule has 1 aromatic rings. The van der Waals surface area contributed by atoms with Crippen molar-refractivity contribution in [3.05, 3.63) is 29.8 Å². The van der Waals surface area contributed by atoms with E-state index in [2.05, 4.69) is 36.5 Å². The third-order valence-corrected chi connectivity index (χ3v) is 3.75. The molecule has 0 bridgehead atoms. The molecule has 19 heavy (non-hydrogen) atoms. The van der Waals surface area contributed by atoms with Gasteiger partial charge in [0.05, 0.1) is 18.8 Å². The summed E-state index contributed by atoms with van der Waals surface area (Å²) < 4.78 is 11.3. The summed E-state index contributed by atoms with van der Waals surface area (Å²) in [5.41, 5.74) is 2.45. The highest BCUT2D eigenvalue weighted by atomic mass is 16.5. The van der Waals surface area contributed by atoms with Crippen LogP contribution in [0.1, 0.15) is 31.2 Å². The lowest BCUT2D eigenvalue weighted by Gasteiger charge is -2.28. The normalized spacial score (nSPS) is 23.3. The molecule has 0 saturated heterocycles. The van der Waals surface area contributed by atoms with E-state index in [-0.39, 0.29) is 0 Å². The number of hydrogen-bond acceptors (Lipinski definition) is 3. The van der Waals surface area contributed by atoms with Gasteiger partial charge in [-0.15, -0.1) is 0 Å². The molecular weight excluding hydrogens is 238 g/mol. The molecule has 1 aliphatic rings. The van der Waals surface area contributed by atoms with E-state index < -0.39 is 0 Å². The van der Waals surface area contributed by atoms with Crippen molar-refractivity contribution in [3.63, 3.8) is 0 Å². The van der Waals surface area contributed by atoms with E-state index in [1.165, 1.54) is 24.8 Å². The number of rotatable bonds is 6. The molecule has 0 radical (unpaired) electrons. The summed E-state index contributed by atoms with van der Waals surface area (Å²) in [6, 6.07) is 8.45. The zero-order chi connectivity index (χ0) is 13.5. The van der Waals surface area contributed by atoms with Crippen LogP contribution in [0.5, 0.6) is 0 Å². The van der Waals surface area contributed by atoms with Crippen LogP contribution in [0.15, 0.2) is 24.3 Å². The van der Waals surface area contributed by atoms with E-state index in [1.54, 1.807) is 7.11 Å². The molecule has 1 fully saturated rings. The number of methoxy groups -OCH3 is 1. The molecule has 1 N–H and O–H groups in total. The Morgan fingerprint density at radius 3 is 2.63 bits per heavy atom. The van der Waals surface area contributed by atoms with Gasteiger partial charge in [-0.1, -0.05) is 17.7 Å². The van der Waals surface area contributed by atoms with Crippen molar-refractivity contribution in [1.82, 2.24) is 0 Å². The summed E-state index contributed by atoms with van der Waals surface area (Å²) in [5, 5.41) is 3.38. The number of aryl methyl sites for hydroxylation is 1. The Morgan fingerprint density at radius 2 is 1.89 bits per heavy atom. The van der Waals surface area contributed by atoms with Gasteiger partial charge in [0.15, 0.2) is 0 Å². The smallest absolute Gasteiger partial charge is 0.0642 e. The van der Waals surface area contributed by atoms with Crippen LogP contribution in [0.2, 0.25) is 0 Å². The van der Waals surface area contributed by atoms with Crippen molar-refractivity contribution >= 4 is 5.69 Å². The van der Waals surface area contributed by atoms with Gasteiger partial charge >= 0.3 is 0 Å². The maximum atomic E-state index is 5.92. The fourth-order valence-corrected chi connectivity index (χ4v) is 2.56. The average Bonchev–Trinajstić information content (AvgIpc) is 2.46. The first-order valence-electron chi connectivity index (χ1n) is 7.23. The summed E-state index contributed by atoms with van der Waals surface area (Å²) >= 11 is 0. The molecule has 1 saturated carbocycles. The zero-order valence-electron chi connectivity index (χ0n) is 12.0. The predicted octanol–water partition coefficient (Wildman–Crippen LogP) is 3.38. The molecule has 1 aromatic carbocycles. The lowest BCUT2D eigenvalue weighted by Crippen LogP contribution is -2.28. The largest absolute Gasteiger partial charge is 0.383 e. The molecular formula is C16H25NO2. The second-order valence-corrected chi connectivity index (χ2v) is 5.31. The van der Waals surface area contributed by atoms with Crippen LogP contribution in [0, 0.1) is 6.92 Å². The highest BCUT2D eigenvalue weighted by Gasteiger charge is 2.21. The Labute approximate surface area is 116 Å². The van der Waals surface area contributed by atoms with E-state index >= 15 is 0 Å². The van der Waals surface area contributed by atoms with E-state index in [1.807, 2.05) is 0 Å². The molecule has 106 valence electrons. The quantitative estimate of drug-likeness (QED) is 0.798. The molecule has 2 unspecified atom stereocenters. The van der Waals surface area contributed by atoms with Crippen LogP contribution in [0.25, 0.3) is 0 Å². The van der Waals surface area contributed by atoms with Gasteiger partial charge in [0, 0.05) is 19.3 Å². The molecule has 0 amide bonds. The van der Waals surface area contributed by atoms with E-state index in [4.69, 9.17) is 9.47 Å². The minimum Gasteiger partial charge on any atom is -0.383 e. The van der Waals surface area contributed by atoms with Crippen LogP contribution in [-0.2, 0) is 9.47 Å². The first-order valence-corrected chi connectivity index (χ1v) is 7.23. The van der Waals surface area contributed by atoms with E-state index in [0.717, 1.165) is 25.3 Å². The first-order chi connectivity index (χ1) is 9.28. The third-order valence-electron chi connectivity index (χ3n) is 3.75. The van der Waals surface area contributed by atoms with Gasteiger partial charge in [-0.2, -0.15) is 0 Å². The standard InChI is InChI=1S/C16H25NO2/c1-13-6-8-14(9-7-13)17-10-11-19-16-5-3-4-15(12-16)18-2/h6-9,15-17H,3-5,10-12H2,1-2H3. The molecule has 0 aliphatic heterocycles. The molecule has 3 heteroatoms. The second-order valence-electron chi connectivity index (χ2n) is 5.31. The first kappa shape index (κ1) is 14.4. The summed E-state index contributed by atoms with van der Waals surface area (Å²) in [6.07, 6.45) is 5.38. The van der Waals surface area contributed by atoms with Gasteiger partial charge in [-0.25, -0.2) is 0 Å². The maximum Gasteiger partial charge on any atom is 0.0642 e. The Kier molecular flexibility index (Phi) is 5.67. The summed E-state index contributed by atoms with van der Waals surface area (Å²) in [5.74, 6) is 0. The minimum atomic E-state index is 0.374. The molecule has 0 aromatic heterocycles. The molecule has 0 heterocycles. The van der Waals surface area contributed by atoms with Crippen molar-refractivity contribution in [2.24, 2.45) is 0 Å². The summed E-state index contributed by atoms with van der Waals surface area (Å²) in [6.45, 7) is 3.72. The average molecular weight is 263 g/mol. The number of benzene rings is 1. The highest BCUT2D eigenvalue weighted by Crippen LogP contribution is 2.22. The topological polar surface area (TPSA) is 30.5 Å². The van der Waals surface area contributed by atoms with Gasteiger partial charge in [0.1, 0.15) is 0 Å². The molecule has 1 aliphatic carbocycles. The van der Waals surface area contributed by atoms with Crippen LogP contribution < -0.4 is 5.32 Å².